The fourth-order valence-corrected chi connectivity index (χ4v) is 3.57. The number of nitrogens with one attached hydrogen (secondary N) is 2. The molecule has 0 amide bonds. The van der Waals surface area contributed by atoms with Gasteiger partial charge >= 0.3 is 0 Å². The van der Waals surface area contributed by atoms with E-state index < -0.39 is 10.0 Å². The lowest BCUT2D eigenvalue weighted by Gasteiger charge is -2.12. The van der Waals surface area contributed by atoms with Crippen molar-refractivity contribution in [2.75, 3.05) is 16.6 Å². The van der Waals surface area contributed by atoms with Crippen molar-refractivity contribution in [3.8, 4) is 11.3 Å². The van der Waals surface area contributed by atoms with E-state index in [0.717, 1.165) is 18.5 Å². The van der Waals surface area contributed by atoms with Crippen LogP contribution in [-0.2, 0) is 10.0 Å². The lowest BCUT2D eigenvalue weighted by molar-refractivity contribution is 0.601. The third-order valence-corrected chi connectivity index (χ3v) is 5.45. The van der Waals surface area contributed by atoms with Crippen LogP contribution < -0.4 is 10.0 Å². The first-order valence-electron chi connectivity index (χ1n) is 9.20. The standard InChI is InChI=1S/C21H24N4O2S/c1-16(2)13-14-22-20-15-19(17-9-5-3-6-10-17)23-21(24-20)25-28(26,27)18-11-7-4-8-12-18/h3-12,15-16H,13-14H2,1-2H3,(H2,22,23,24,25). The van der Waals surface area contributed by atoms with Gasteiger partial charge in [0.15, 0.2) is 0 Å². The third kappa shape index (κ3) is 5.29. The molecule has 0 saturated carbocycles. The van der Waals surface area contributed by atoms with Gasteiger partial charge in [-0.05, 0) is 24.5 Å². The van der Waals surface area contributed by atoms with E-state index in [0.29, 0.717) is 17.4 Å². The van der Waals surface area contributed by atoms with Crippen LogP contribution >= 0.6 is 0 Å². The van der Waals surface area contributed by atoms with E-state index >= 15 is 0 Å². The highest BCUT2D eigenvalue weighted by atomic mass is 32.2. The van der Waals surface area contributed by atoms with Gasteiger partial charge in [-0.1, -0.05) is 62.4 Å². The minimum Gasteiger partial charge on any atom is -0.370 e. The molecular formula is C21H24N4O2S. The van der Waals surface area contributed by atoms with E-state index in [2.05, 4.69) is 33.9 Å². The summed E-state index contributed by atoms with van der Waals surface area (Å²) in [5, 5.41) is 3.27. The first-order valence-corrected chi connectivity index (χ1v) is 10.7. The Kier molecular flexibility index (Phi) is 6.26. The quantitative estimate of drug-likeness (QED) is 0.589. The van der Waals surface area contributed by atoms with E-state index in [9.17, 15) is 8.42 Å². The number of hydrogen-bond acceptors (Lipinski definition) is 5. The monoisotopic (exact) mass is 396 g/mol. The summed E-state index contributed by atoms with van der Waals surface area (Å²) in [7, 11) is -3.77. The molecule has 0 bridgehead atoms. The van der Waals surface area contributed by atoms with E-state index in [1.165, 1.54) is 12.1 Å². The number of sulfonamides is 1. The van der Waals surface area contributed by atoms with Crippen molar-refractivity contribution in [2.45, 2.75) is 25.2 Å². The Balaban J connectivity index is 1.93. The van der Waals surface area contributed by atoms with Gasteiger partial charge in [0.05, 0.1) is 10.6 Å². The van der Waals surface area contributed by atoms with E-state index in [-0.39, 0.29) is 10.8 Å². The zero-order chi connectivity index (χ0) is 20.0. The van der Waals surface area contributed by atoms with Crippen molar-refractivity contribution in [3.63, 3.8) is 0 Å². The molecule has 0 aliphatic carbocycles. The van der Waals surface area contributed by atoms with E-state index in [1.807, 2.05) is 36.4 Å². The number of hydrogen-bond donors (Lipinski definition) is 2. The van der Waals surface area contributed by atoms with Crippen molar-refractivity contribution in [3.05, 3.63) is 66.7 Å². The minimum absolute atomic E-state index is 0.0391. The molecule has 3 rings (SSSR count). The molecule has 6 nitrogen and oxygen atoms in total. The molecule has 0 atom stereocenters. The average molecular weight is 397 g/mol. The van der Waals surface area contributed by atoms with Gasteiger partial charge < -0.3 is 5.32 Å². The lowest BCUT2D eigenvalue weighted by Crippen LogP contribution is -2.16. The average Bonchev–Trinajstić information content (AvgIpc) is 2.68. The molecule has 0 saturated heterocycles. The van der Waals surface area contributed by atoms with Crippen LogP contribution in [0.3, 0.4) is 0 Å². The first-order chi connectivity index (χ1) is 13.4. The summed E-state index contributed by atoms with van der Waals surface area (Å²) in [6.07, 6.45) is 0.982. The molecule has 1 heterocycles. The molecular weight excluding hydrogens is 372 g/mol. The molecule has 0 spiro atoms. The fourth-order valence-electron chi connectivity index (χ4n) is 2.61. The van der Waals surface area contributed by atoms with Crippen LogP contribution in [0, 0.1) is 5.92 Å². The van der Waals surface area contributed by atoms with Gasteiger partial charge in [-0.15, -0.1) is 0 Å². The maximum absolute atomic E-state index is 12.7. The SMILES string of the molecule is CC(C)CCNc1cc(-c2ccccc2)nc(NS(=O)(=O)c2ccccc2)n1. The lowest BCUT2D eigenvalue weighted by atomic mass is 10.1. The maximum atomic E-state index is 12.7. The largest absolute Gasteiger partial charge is 0.370 e. The Bertz CT molecular complexity index is 1010. The van der Waals surface area contributed by atoms with Gasteiger partial charge in [-0.3, -0.25) is 0 Å². The normalized spacial score (nSPS) is 11.4. The molecule has 0 aliphatic rings. The summed E-state index contributed by atoms with van der Waals surface area (Å²) in [5.41, 5.74) is 1.53. The second-order valence-corrected chi connectivity index (χ2v) is 8.54. The summed E-state index contributed by atoms with van der Waals surface area (Å²) in [5.74, 6) is 1.18. The van der Waals surface area contributed by atoms with Crippen molar-refractivity contribution >= 4 is 21.8 Å². The molecule has 1 aromatic heterocycles. The van der Waals surface area contributed by atoms with Gasteiger partial charge in [0.2, 0.25) is 5.95 Å². The van der Waals surface area contributed by atoms with Crippen LogP contribution in [-0.4, -0.2) is 24.9 Å². The number of rotatable bonds is 8. The Morgan fingerprint density at radius 1 is 0.929 bits per heavy atom. The van der Waals surface area contributed by atoms with Crippen molar-refractivity contribution in [1.29, 1.82) is 0 Å². The van der Waals surface area contributed by atoms with Crippen LogP contribution in [0.5, 0.6) is 0 Å². The predicted molar refractivity (Wildman–Crippen MR) is 113 cm³/mol. The third-order valence-electron chi connectivity index (χ3n) is 4.10. The van der Waals surface area contributed by atoms with Crippen LogP contribution in [0.25, 0.3) is 11.3 Å². The van der Waals surface area contributed by atoms with Crippen molar-refractivity contribution in [1.82, 2.24) is 9.97 Å². The molecule has 0 fully saturated rings. The van der Waals surface area contributed by atoms with Gasteiger partial charge in [0.25, 0.3) is 10.0 Å². The maximum Gasteiger partial charge on any atom is 0.264 e. The predicted octanol–water partition coefficient (Wildman–Crippen LogP) is 4.40. The Labute approximate surface area is 166 Å². The molecule has 146 valence electrons. The molecule has 28 heavy (non-hydrogen) atoms. The molecule has 0 aliphatic heterocycles. The van der Waals surface area contributed by atoms with Crippen LogP contribution in [0.2, 0.25) is 0 Å². The number of aromatic nitrogens is 2. The topological polar surface area (TPSA) is 84.0 Å². The highest BCUT2D eigenvalue weighted by Crippen LogP contribution is 2.23. The molecule has 2 N–H and O–H groups in total. The second-order valence-electron chi connectivity index (χ2n) is 6.86. The molecule has 7 heteroatoms. The molecule has 0 radical (unpaired) electrons. The van der Waals surface area contributed by atoms with Crippen molar-refractivity contribution < 1.29 is 8.42 Å². The van der Waals surface area contributed by atoms with E-state index in [4.69, 9.17) is 0 Å². The van der Waals surface area contributed by atoms with Crippen LogP contribution in [0.15, 0.2) is 71.6 Å². The highest BCUT2D eigenvalue weighted by molar-refractivity contribution is 7.92. The summed E-state index contributed by atoms with van der Waals surface area (Å²) >= 11 is 0. The van der Waals surface area contributed by atoms with Gasteiger partial charge in [0, 0.05) is 18.2 Å². The summed E-state index contributed by atoms with van der Waals surface area (Å²) in [6, 6.07) is 19.6. The van der Waals surface area contributed by atoms with Crippen LogP contribution in [0.4, 0.5) is 11.8 Å². The number of anilines is 2. The molecule has 2 aromatic carbocycles. The molecule has 3 aromatic rings. The highest BCUT2D eigenvalue weighted by Gasteiger charge is 2.16. The Morgan fingerprint density at radius 2 is 1.57 bits per heavy atom. The summed E-state index contributed by atoms with van der Waals surface area (Å²) in [6.45, 7) is 5.04. The van der Waals surface area contributed by atoms with Crippen LogP contribution in [0.1, 0.15) is 20.3 Å². The number of benzene rings is 2. The Hall–Kier alpha value is -2.93. The second kappa shape index (κ2) is 8.84. The van der Waals surface area contributed by atoms with Crippen molar-refractivity contribution in [2.24, 2.45) is 5.92 Å². The van der Waals surface area contributed by atoms with E-state index in [1.54, 1.807) is 18.2 Å². The minimum atomic E-state index is -3.77. The molecule has 0 unspecified atom stereocenters. The zero-order valence-corrected chi connectivity index (χ0v) is 16.8. The smallest absolute Gasteiger partial charge is 0.264 e. The van der Waals surface area contributed by atoms with Gasteiger partial charge in [-0.25, -0.2) is 18.1 Å². The number of nitrogens with zero attached hydrogens (tertiary/aromatic N) is 2. The zero-order valence-electron chi connectivity index (χ0n) is 16.0. The van der Waals surface area contributed by atoms with Gasteiger partial charge in [0.1, 0.15) is 5.82 Å². The first kappa shape index (κ1) is 19.8. The van der Waals surface area contributed by atoms with Gasteiger partial charge in [-0.2, -0.15) is 4.98 Å². The summed E-state index contributed by atoms with van der Waals surface area (Å²) in [4.78, 5) is 8.93. The Morgan fingerprint density at radius 3 is 2.21 bits per heavy atom. The summed E-state index contributed by atoms with van der Waals surface area (Å²) < 4.78 is 27.8. The fraction of sp³-hybridized carbons (Fsp3) is 0.238.